The van der Waals surface area contributed by atoms with Crippen LogP contribution in [0, 0.1) is 5.82 Å². The summed E-state index contributed by atoms with van der Waals surface area (Å²) < 4.78 is 71.1. The lowest BCUT2D eigenvalue weighted by Crippen LogP contribution is -2.42. The lowest BCUT2D eigenvalue weighted by Gasteiger charge is -2.27. The number of hydrogen-bond acceptors (Lipinski definition) is 6. The number of rotatable bonds is 6. The van der Waals surface area contributed by atoms with Gasteiger partial charge in [0.25, 0.3) is 5.91 Å². The number of alkyl halides is 2. The highest BCUT2D eigenvalue weighted by Crippen LogP contribution is 2.38. The number of sulfonamides is 1. The molecule has 1 fully saturated rings. The topological polar surface area (TPSA) is 93.0 Å². The SMILES string of the molecule is CC(C)(C)S(=O)(=O)NC(=O)c1cnn2ccc(N3CCCC3c3cc(F)cc(OC(F)F)c3)cc12. The van der Waals surface area contributed by atoms with Gasteiger partial charge in [0.05, 0.1) is 28.1 Å². The second-order valence-corrected chi connectivity index (χ2v) is 11.7. The van der Waals surface area contributed by atoms with Crippen molar-refractivity contribution in [3.63, 3.8) is 0 Å². The second-order valence-electron chi connectivity index (χ2n) is 9.27. The minimum atomic E-state index is -3.93. The van der Waals surface area contributed by atoms with Gasteiger partial charge in [0.15, 0.2) is 0 Å². The molecule has 0 bridgehead atoms. The number of anilines is 1. The minimum absolute atomic E-state index is 0.0776. The van der Waals surface area contributed by atoms with Crippen molar-refractivity contribution >= 4 is 27.1 Å². The van der Waals surface area contributed by atoms with Gasteiger partial charge < -0.3 is 9.64 Å². The number of nitrogens with one attached hydrogen (secondary N) is 1. The number of benzene rings is 1. The van der Waals surface area contributed by atoms with Gasteiger partial charge in [0.2, 0.25) is 10.0 Å². The average molecular weight is 511 g/mol. The predicted octanol–water partition coefficient (Wildman–Crippen LogP) is 4.27. The average Bonchev–Trinajstić information content (AvgIpc) is 3.38. The maximum absolute atomic E-state index is 14.1. The summed E-state index contributed by atoms with van der Waals surface area (Å²) in [6, 6.07) is 6.74. The van der Waals surface area contributed by atoms with Crippen LogP contribution in [0.4, 0.5) is 18.9 Å². The van der Waals surface area contributed by atoms with Crippen molar-refractivity contribution in [2.24, 2.45) is 0 Å². The summed E-state index contributed by atoms with van der Waals surface area (Å²) in [6.07, 6.45) is 4.34. The third-order valence-electron chi connectivity index (χ3n) is 5.87. The molecule has 12 heteroatoms. The predicted molar refractivity (Wildman–Crippen MR) is 124 cm³/mol. The van der Waals surface area contributed by atoms with Crippen LogP contribution < -0.4 is 14.4 Å². The van der Waals surface area contributed by atoms with Crippen molar-refractivity contribution in [2.75, 3.05) is 11.4 Å². The number of carbonyl (C=O) groups is 1. The Balaban J connectivity index is 1.67. The standard InChI is InChI=1S/C23H25F3N4O4S/c1-23(2,3)35(32,33)28-21(31)18-13-27-30-8-6-16(12-20(18)30)29-7-4-5-19(29)14-9-15(24)11-17(10-14)34-22(25)26/h6,8-13,19,22H,4-5,7H2,1-3H3,(H,28,31). The molecule has 1 aromatic carbocycles. The Labute approximate surface area is 200 Å². The summed E-state index contributed by atoms with van der Waals surface area (Å²) in [5.74, 6) is -1.74. The molecule has 3 aromatic rings. The van der Waals surface area contributed by atoms with Gasteiger partial charge in [-0.05, 0) is 63.4 Å². The quantitative estimate of drug-likeness (QED) is 0.532. The Morgan fingerprint density at radius 2 is 1.97 bits per heavy atom. The van der Waals surface area contributed by atoms with Gasteiger partial charge in [0, 0.05) is 24.5 Å². The fourth-order valence-corrected chi connectivity index (χ4v) is 4.68. The van der Waals surface area contributed by atoms with Crippen molar-refractivity contribution in [1.82, 2.24) is 14.3 Å². The molecule has 1 N–H and O–H groups in total. The van der Waals surface area contributed by atoms with Gasteiger partial charge in [0.1, 0.15) is 11.6 Å². The van der Waals surface area contributed by atoms with E-state index in [2.05, 4.69) is 14.6 Å². The van der Waals surface area contributed by atoms with E-state index in [4.69, 9.17) is 0 Å². The molecule has 2 aromatic heterocycles. The molecule has 188 valence electrons. The molecule has 1 amide bonds. The van der Waals surface area contributed by atoms with Crippen LogP contribution in [-0.4, -0.2) is 41.8 Å². The van der Waals surface area contributed by atoms with Crippen molar-refractivity contribution in [1.29, 1.82) is 0 Å². The van der Waals surface area contributed by atoms with Crippen molar-refractivity contribution in [3.8, 4) is 5.75 Å². The summed E-state index contributed by atoms with van der Waals surface area (Å²) in [6.45, 7) is 1.98. The summed E-state index contributed by atoms with van der Waals surface area (Å²) in [5, 5.41) is 4.13. The van der Waals surface area contributed by atoms with Crippen LogP contribution in [-0.2, 0) is 10.0 Å². The van der Waals surface area contributed by atoms with E-state index in [9.17, 15) is 26.4 Å². The van der Waals surface area contributed by atoms with Gasteiger partial charge in [-0.3, -0.25) is 4.79 Å². The maximum atomic E-state index is 14.1. The normalized spacial score (nSPS) is 16.8. The molecule has 1 atom stereocenters. The highest BCUT2D eigenvalue weighted by Gasteiger charge is 2.32. The fraction of sp³-hybridized carbons (Fsp3) is 0.391. The molecule has 8 nitrogen and oxygen atoms in total. The van der Waals surface area contributed by atoms with E-state index in [0.29, 0.717) is 29.7 Å². The third kappa shape index (κ3) is 5.07. The first-order valence-corrected chi connectivity index (χ1v) is 12.4. The number of pyridine rings is 1. The molecule has 0 saturated carbocycles. The number of halogens is 3. The Morgan fingerprint density at radius 1 is 1.23 bits per heavy atom. The molecule has 0 radical (unpaired) electrons. The van der Waals surface area contributed by atoms with Crippen LogP contribution in [0.2, 0.25) is 0 Å². The fourth-order valence-electron chi connectivity index (χ4n) is 4.02. The first-order valence-electron chi connectivity index (χ1n) is 10.9. The zero-order valence-electron chi connectivity index (χ0n) is 19.3. The molecule has 3 heterocycles. The Hall–Kier alpha value is -3.28. The lowest BCUT2D eigenvalue weighted by atomic mass is 10.0. The van der Waals surface area contributed by atoms with Crippen LogP contribution in [0.5, 0.6) is 5.75 Å². The molecule has 1 unspecified atom stereocenters. The molecule has 1 aliphatic heterocycles. The highest BCUT2D eigenvalue weighted by molar-refractivity contribution is 7.91. The Kier molecular flexibility index (Phi) is 6.43. The number of carbonyl (C=O) groups excluding carboxylic acids is 1. The van der Waals surface area contributed by atoms with E-state index < -0.39 is 33.1 Å². The number of amides is 1. The third-order valence-corrected chi connectivity index (χ3v) is 7.94. The van der Waals surface area contributed by atoms with Crippen LogP contribution in [0.3, 0.4) is 0 Å². The molecule has 4 rings (SSSR count). The van der Waals surface area contributed by atoms with E-state index >= 15 is 0 Å². The van der Waals surface area contributed by atoms with Gasteiger partial charge in [-0.25, -0.2) is 22.0 Å². The van der Waals surface area contributed by atoms with Crippen molar-refractivity contribution in [3.05, 3.63) is 59.7 Å². The van der Waals surface area contributed by atoms with E-state index in [0.717, 1.165) is 12.5 Å². The summed E-state index contributed by atoms with van der Waals surface area (Å²) in [4.78, 5) is 14.8. The zero-order valence-corrected chi connectivity index (χ0v) is 20.2. The van der Waals surface area contributed by atoms with Crippen LogP contribution in [0.25, 0.3) is 5.52 Å². The maximum Gasteiger partial charge on any atom is 0.387 e. The Morgan fingerprint density at radius 3 is 2.66 bits per heavy atom. The van der Waals surface area contributed by atoms with Crippen LogP contribution >= 0.6 is 0 Å². The lowest BCUT2D eigenvalue weighted by molar-refractivity contribution is -0.0500. The summed E-state index contributed by atoms with van der Waals surface area (Å²) in [5.41, 5.74) is 1.64. The minimum Gasteiger partial charge on any atom is -0.435 e. The number of hydrogen-bond donors (Lipinski definition) is 1. The Bertz CT molecular complexity index is 1370. The van der Waals surface area contributed by atoms with Gasteiger partial charge in [-0.1, -0.05) is 0 Å². The van der Waals surface area contributed by atoms with E-state index in [1.165, 1.54) is 43.6 Å². The monoisotopic (exact) mass is 510 g/mol. The molecule has 35 heavy (non-hydrogen) atoms. The van der Waals surface area contributed by atoms with Crippen molar-refractivity contribution in [2.45, 2.75) is 51.0 Å². The smallest absolute Gasteiger partial charge is 0.387 e. The van der Waals surface area contributed by atoms with Crippen LogP contribution in [0.1, 0.15) is 55.6 Å². The molecular formula is C23H25F3N4O4S. The molecular weight excluding hydrogens is 485 g/mol. The molecule has 1 aliphatic rings. The highest BCUT2D eigenvalue weighted by atomic mass is 32.2. The molecule has 1 saturated heterocycles. The first-order chi connectivity index (χ1) is 16.4. The number of nitrogens with zero attached hydrogens (tertiary/aromatic N) is 3. The molecule has 0 aliphatic carbocycles. The number of aromatic nitrogens is 2. The summed E-state index contributed by atoms with van der Waals surface area (Å²) in [7, 11) is -3.93. The van der Waals surface area contributed by atoms with E-state index in [1.807, 2.05) is 4.90 Å². The van der Waals surface area contributed by atoms with Crippen molar-refractivity contribution < 1.29 is 31.1 Å². The summed E-state index contributed by atoms with van der Waals surface area (Å²) >= 11 is 0. The molecule has 0 spiro atoms. The second kappa shape index (κ2) is 9.06. The van der Waals surface area contributed by atoms with Crippen LogP contribution in [0.15, 0.2) is 42.7 Å². The first kappa shape index (κ1) is 24.8. The largest absolute Gasteiger partial charge is 0.435 e. The van der Waals surface area contributed by atoms with Gasteiger partial charge in [-0.15, -0.1) is 0 Å². The van der Waals surface area contributed by atoms with E-state index in [-0.39, 0.29) is 17.4 Å². The van der Waals surface area contributed by atoms with Gasteiger partial charge >= 0.3 is 6.61 Å². The zero-order chi connectivity index (χ0) is 25.5. The van der Waals surface area contributed by atoms with Gasteiger partial charge in [-0.2, -0.15) is 13.9 Å². The van der Waals surface area contributed by atoms with E-state index in [1.54, 1.807) is 18.3 Å². The number of fused-ring (bicyclic) bond motifs is 1. The number of ether oxygens (including phenoxy) is 1.